The molecular weight excluding hydrogens is 282 g/mol. The van der Waals surface area contributed by atoms with Crippen molar-refractivity contribution in [2.24, 2.45) is 10.2 Å². The van der Waals surface area contributed by atoms with Gasteiger partial charge in [0.05, 0.1) is 12.0 Å². The lowest BCUT2D eigenvalue weighted by molar-refractivity contribution is -0.116. The average molecular weight is 295 g/mol. The number of benzene rings is 2. The number of amidine groups is 1. The van der Waals surface area contributed by atoms with E-state index in [2.05, 4.69) is 33.7 Å². The molecule has 0 bridgehead atoms. The standard InChI is InChI=1S/C16H13N3OS/c20-15-11-21-16(18-15)19-17-10-13-8-4-5-9-14(13)12-6-2-1-3-7-12/h1-10H,11H2,(H,18,19,20). The third kappa shape index (κ3) is 3.38. The van der Waals surface area contributed by atoms with Crippen molar-refractivity contribution in [3.8, 4) is 11.1 Å². The molecule has 0 atom stereocenters. The van der Waals surface area contributed by atoms with Gasteiger partial charge in [0.2, 0.25) is 5.91 Å². The molecule has 0 radical (unpaired) electrons. The highest BCUT2D eigenvalue weighted by molar-refractivity contribution is 8.15. The molecule has 21 heavy (non-hydrogen) atoms. The van der Waals surface area contributed by atoms with E-state index < -0.39 is 0 Å². The first-order chi connectivity index (χ1) is 10.3. The van der Waals surface area contributed by atoms with Gasteiger partial charge in [-0.1, -0.05) is 66.4 Å². The van der Waals surface area contributed by atoms with Gasteiger partial charge in [0.15, 0.2) is 5.17 Å². The van der Waals surface area contributed by atoms with Crippen LogP contribution in [0.15, 0.2) is 64.8 Å². The van der Waals surface area contributed by atoms with Gasteiger partial charge >= 0.3 is 0 Å². The molecule has 1 heterocycles. The third-order valence-corrected chi connectivity index (χ3v) is 3.84. The van der Waals surface area contributed by atoms with E-state index >= 15 is 0 Å². The fourth-order valence-electron chi connectivity index (χ4n) is 2.01. The summed E-state index contributed by atoms with van der Waals surface area (Å²) < 4.78 is 0. The van der Waals surface area contributed by atoms with Crippen molar-refractivity contribution >= 4 is 29.1 Å². The van der Waals surface area contributed by atoms with Crippen molar-refractivity contribution < 1.29 is 4.79 Å². The smallest absolute Gasteiger partial charge is 0.236 e. The fourth-order valence-corrected chi connectivity index (χ4v) is 2.64. The van der Waals surface area contributed by atoms with Crippen LogP contribution in [0.3, 0.4) is 0 Å². The minimum Gasteiger partial charge on any atom is -0.303 e. The maximum absolute atomic E-state index is 11.1. The largest absolute Gasteiger partial charge is 0.303 e. The highest BCUT2D eigenvalue weighted by Crippen LogP contribution is 2.22. The van der Waals surface area contributed by atoms with Crippen LogP contribution in [0.2, 0.25) is 0 Å². The van der Waals surface area contributed by atoms with Crippen LogP contribution in [0, 0.1) is 0 Å². The Balaban J connectivity index is 1.85. The molecule has 1 amide bonds. The van der Waals surface area contributed by atoms with Gasteiger partial charge < -0.3 is 5.32 Å². The van der Waals surface area contributed by atoms with Crippen LogP contribution in [0.4, 0.5) is 0 Å². The maximum atomic E-state index is 11.1. The molecule has 3 rings (SSSR count). The Morgan fingerprint density at radius 3 is 2.57 bits per heavy atom. The fraction of sp³-hybridized carbons (Fsp3) is 0.0625. The predicted octanol–water partition coefficient (Wildman–Crippen LogP) is 2.91. The first-order valence-corrected chi connectivity index (χ1v) is 7.49. The van der Waals surface area contributed by atoms with Crippen LogP contribution in [-0.4, -0.2) is 23.0 Å². The summed E-state index contributed by atoms with van der Waals surface area (Å²) in [6, 6.07) is 18.1. The van der Waals surface area contributed by atoms with E-state index in [-0.39, 0.29) is 5.91 Å². The molecule has 2 aromatic carbocycles. The summed E-state index contributed by atoms with van der Waals surface area (Å²) in [7, 11) is 0. The molecule has 0 unspecified atom stereocenters. The zero-order valence-electron chi connectivity index (χ0n) is 11.2. The number of hydrogen-bond donors (Lipinski definition) is 1. The van der Waals surface area contributed by atoms with E-state index in [4.69, 9.17) is 0 Å². The van der Waals surface area contributed by atoms with Gasteiger partial charge in [-0.15, -0.1) is 5.10 Å². The van der Waals surface area contributed by atoms with Gasteiger partial charge in [-0.25, -0.2) is 0 Å². The van der Waals surface area contributed by atoms with Gasteiger partial charge in [0.25, 0.3) is 0 Å². The van der Waals surface area contributed by atoms with E-state index in [1.807, 2.05) is 36.4 Å². The van der Waals surface area contributed by atoms with Crippen molar-refractivity contribution in [2.75, 3.05) is 5.75 Å². The van der Waals surface area contributed by atoms with Gasteiger partial charge in [-0.05, 0) is 11.1 Å². The molecule has 0 aliphatic carbocycles. The zero-order valence-corrected chi connectivity index (χ0v) is 12.0. The molecule has 1 aliphatic rings. The molecule has 5 heteroatoms. The molecule has 2 aromatic rings. The van der Waals surface area contributed by atoms with E-state index in [1.54, 1.807) is 6.21 Å². The second-order valence-electron chi connectivity index (χ2n) is 4.44. The first kappa shape index (κ1) is 13.6. The lowest BCUT2D eigenvalue weighted by Gasteiger charge is -2.04. The SMILES string of the molecule is O=C1CSC(=NN=Cc2ccccc2-c2ccccc2)N1. The quantitative estimate of drug-likeness (QED) is 0.699. The Kier molecular flexibility index (Phi) is 4.12. The number of rotatable bonds is 3. The third-order valence-electron chi connectivity index (χ3n) is 2.98. The number of carbonyl (C=O) groups is 1. The Hall–Kier alpha value is -2.40. The molecular formula is C16H13N3OS. The van der Waals surface area contributed by atoms with Gasteiger partial charge in [-0.3, -0.25) is 4.79 Å². The maximum Gasteiger partial charge on any atom is 0.236 e. The number of carbonyl (C=O) groups excluding carboxylic acids is 1. The summed E-state index contributed by atoms with van der Waals surface area (Å²) in [6.07, 6.45) is 1.71. The number of nitrogens with one attached hydrogen (secondary N) is 1. The molecule has 1 saturated heterocycles. The van der Waals surface area contributed by atoms with E-state index in [0.29, 0.717) is 10.9 Å². The van der Waals surface area contributed by atoms with E-state index in [1.165, 1.54) is 11.8 Å². The zero-order chi connectivity index (χ0) is 14.5. The first-order valence-electron chi connectivity index (χ1n) is 6.51. The Morgan fingerprint density at radius 2 is 1.81 bits per heavy atom. The molecule has 4 nitrogen and oxygen atoms in total. The monoisotopic (exact) mass is 295 g/mol. The molecule has 1 fully saturated rings. The van der Waals surface area contributed by atoms with Crippen molar-refractivity contribution in [1.29, 1.82) is 0 Å². The second-order valence-corrected chi connectivity index (χ2v) is 5.40. The summed E-state index contributed by atoms with van der Waals surface area (Å²) >= 11 is 1.36. The van der Waals surface area contributed by atoms with Crippen LogP contribution in [0.5, 0.6) is 0 Å². The summed E-state index contributed by atoms with van der Waals surface area (Å²) in [5, 5.41) is 11.3. The van der Waals surface area contributed by atoms with Crippen molar-refractivity contribution in [2.45, 2.75) is 0 Å². The Morgan fingerprint density at radius 1 is 1.05 bits per heavy atom. The van der Waals surface area contributed by atoms with Crippen LogP contribution < -0.4 is 5.32 Å². The normalized spacial score (nSPS) is 16.6. The number of amides is 1. The lowest BCUT2D eigenvalue weighted by atomic mass is 10.0. The Labute approximate surface area is 127 Å². The Bertz CT molecular complexity index is 710. The predicted molar refractivity (Wildman–Crippen MR) is 87.5 cm³/mol. The molecule has 0 spiro atoms. The van der Waals surface area contributed by atoms with Gasteiger partial charge in [0, 0.05) is 5.56 Å². The minimum atomic E-state index is -0.0290. The van der Waals surface area contributed by atoms with Crippen LogP contribution in [0.1, 0.15) is 5.56 Å². The summed E-state index contributed by atoms with van der Waals surface area (Å²) in [4.78, 5) is 11.1. The minimum absolute atomic E-state index is 0.0290. The number of nitrogens with zero attached hydrogens (tertiary/aromatic N) is 2. The van der Waals surface area contributed by atoms with Crippen LogP contribution in [0.25, 0.3) is 11.1 Å². The van der Waals surface area contributed by atoms with Crippen molar-refractivity contribution in [3.05, 3.63) is 60.2 Å². The highest BCUT2D eigenvalue weighted by Gasteiger charge is 2.15. The molecule has 1 aliphatic heterocycles. The lowest BCUT2D eigenvalue weighted by Crippen LogP contribution is -2.19. The topological polar surface area (TPSA) is 53.8 Å². The second kappa shape index (κ2) is 6.37. The van der Waals surface area contributed by atoms with Gasteiger partial charge in [0.1, 0.15) is 0 Å². The number of hydrogen-bond acceptors (Lipinski definition) is 4. The average Bonchev–Trinajstić information content (AvgIpc) is 2.94. The van der Waals surface area contributed by atoms with Crippen molar-refractivity contribution in [3.63, 3.8) is 0 Å². The summed E-state index contributed by atoms with van der Waals surface area (Å²) in [6.45, 7) is 0. The summed E-state index contributed by atoms with van der Waals surface area (Å²) in [5.41, 5.74) is 3.23. The van der Waals surface area contributed by atoms with Crippen LogP contribution in [-0.2, 0) is 4.79 Å². The van der Waals surface area contributed by atoms with Crippen LogP contribution >= 0.6 is 11.8 Å². The van der Waals surface area contributed by atoms with Crippen molar-refractivity contribution in [1.82, 2.24) is 5.32 Å². The molecule has 0 aromatic heterocycles. The highest BCUT2D eigenvalue weighted by atomic mass is 32.2. The molecule has 104 valence electrons. The van der Waals surface area contributed by atoms with Gasteiger partial charge in [-0.2, -0.15) is 5.10 Å². The van der Waals surface area contributed by atoms with E-state index in [0.717, 1.165) is 16.7 Å². The number of thioether (sulfide) groups is 1. The van der Waals surface area contributed by atoms with E-state index in [9.17, 15) is 4.79 Å². The summed E-state index contributed by atoms with van der Waals surface area (Å²) in [5.74, 6) is 0.383. The molecule has 0 saturated carbocycles. The molecule has 1 N–H and O–H groups in total.